The Labute approximate surface area is 150 Å². The molecule has 24 heavy (non-hydrogen) atoms. The molecule has 128 valence electrons. The molecule has 1 aliphatic rings. The molecule has 3 nitrogen and oxygen atoms in total. The molecule has 1 heterocycles. The molecule has 3 rings (SSSR count). The van der Waals surface area contributed by atoms with Gasteiger partial charge in [0.05, 0.1) is 27.0 Å². The minimum atomic E-state index is -4.58. The van der Waals surface area contributed by atoms with Crippen LogP contribution >= 0.6 is 34.8 Å². The monoisotopic (exact) mass is 396 g/mol. The first-order chi connectivity index (χ1) is 11.0. The Hall–Kier alpha value is -1.50. The van der Waals surface area contributed by atoms with E-state index in [1.165, 1.54) is 18.2 Å². The van der Waals surface area contributed by atoms with Gasteiger partial charge in [0.2, 0.25) is 0 Å². The van der Waals surface area contributed by atoms with Crippen molar-refractivity contribution in [2.75, 3.05) is 10.6 Å². The molecule has 0 aliphatic carbocycles. The van der Waals surface area contributed by atoms with Crippen molar-refractivity contribution in [2.45, 2.75) is 18.8 Å². The number of halogens is 6. The van der Waals surface area contributed by atoms with E-state index < -0.39 is 22.4 Å². The largest absolute Gasteiger partial charge is 0.506 e. The van der Waals surface area contributed by atoms with Crippen LogP contribution in [0.15, 0.2) is 24.3 Å². The maximum atomic E-state index is 13.0. The topological polar surface area (TPSA) is 44.3 Å². The van der Waals surface area contributed by atoms with Crippen molar-refractivity contribution in [3.05, 3.63) is 50.5 Å². The zero-order valence-corrected chi connectivity index (χ0v) is 14.3. The number of benzene rings is 2. The van der Waals surface area contributed by atoms with E-state index in [2.05, 4.69) is 10.6 Å². The van der Waals surface area contributed by atoms with E-state index in [0.717, 1.165) is 6.07 Å². The molecular formula is C15H10Cl3F3N2O. The van der Waals surface area contributed by atoms with Crippen LogP contribution in [-0.4, -0.2) is 5.11 Å². The van der Waals surface area contributed by atoms with E-state index in [-0.39, 0.29) is 21.5 Å². The highest BCUT2D eigenvalue weighted by Gasteiger charge is 2.40. The van der Waals surface area contributed by atoms with Gasteiger partial charge in [-0.2, -0.15) is 13.2 Å². The highest BCUT2D eigenvalue weighted by molar-refractivity contribution is 6.35. The fourth-order valence-electron chi connectivity index (χ4n) is 2.65. The molecule has 0 bridgehead atoms. The first-order valence-electron chi connectivity index (χ1n) is 6.67. The van der Waals surface area contributed by atoms with Gasteiger partial charge < -0.3 is 15.7 Å². The summed E-state index contributed by atoms with van der Waals surface area (Å²) < 4.78 is 39.0. The van der Waals surface area contributed by atoms with Gasteiger partial charge in [-0.25, -0.2) is 0 Å². The molecule has 0 fully saturated rings. The molecule has 1 atom stereocenters. The highest BCUT2D eigenvalue weighted by Crippen LogP contribution is 2.48. The lowest BCUT2D eigenvalue weighted by Gasteiger charge is -2.28. The lowest BCUT2D eigenvalue weighted by molar-refractivity contribution is -0.137. The first-order valence-corrected chi connectivity index (χ1v) is 7.80. The highest BCUT2D eigenvalue weighted by atomic mass is 35.5. The Bertz CT molecular complexity index is 842. The number of hydrogen-bond acceptors (Lipinski definition) is 3. The second-order valence-electron chi connectivity index (χ2n) is 5.53. The standard InChI is InChI=1S/C15H10Cl3F3N2O/c1-14(8-2-6(16)3-10(18)13(8)24)22-11-4-7(15(19,20)21)9(17)5-12(11)23-14/h2-5,22-24H,1H3. The van der Waals surface area contributed by atoms with Crippen LogP contribution in [0.2, 0.25) is 15.1 Å². The van der Waals surface area contributed by atoms with E-state index in [4.69, 9.17) is 34.8 Å². The van der Waals surface area contributed by atoms with Gasteiger partial charge in [0.15, 0.2) is 0 Å². The van der Waals surface area contributed by atoms with Crippen molar-refractivity contribution in [2.24, 2.45) is 0 Å². The van der Waals surface area contributed by atoms with Crippen molar-refractivity contribution in [1.82, 2.24) is 0 Å². The Morgan fingerprint density at radius 3 is 2.12 bits per heavy atom. The maximum Gasteiger partial charge on any atom is 0.417 e. The van der Waals surface area contributed by atoms with Gasteiger partial charge in [-0.15, -0.1) is 0 Å². The third kappa shape index (κ3) is 2.83. The molecule has 0 saturated carbocycles. The van der Waals surface area contributed by atoms with Crippen LogP contribution < -0.4 is 10.6 Å². The molecule has 1 aliphatic heterocycles. The van der Waals surface area contributed by atoms with Crippen LogP contribution in [0.5, 0.6) is 5.75 Å². The lowest BCUT2D eigenvalue weighted by atomic mass is 10.0. The van der Waals surface area contributed by atoms with Crippen LogP contribution in [0.1, 0.15) is 18.1 Å². The first kappa shape index (κ1) is 17.3. The zero-order chi connectivity index (χ0) is 17.9. The number of rotatable bonds is 1. The van der Waals surface area contributed by atoms with Gasteiger partial charge >= 0.3 is 6.18 Å². The van der Waals surface area contributed by atoms with Crippen molar-refractivity contribution >= 4 is 46.2 Å². The molecule has 3 N–H and O–H groups in total. The van der Waals surface area contributed by atoms with Crippen molar-refractivity contribution < 1.29 is 18.3 Å². The van der Waals surface area contributed by atoms with Gasteiger partial charge in [0.25, 0.3) is 0 Å². The van der Waals surface area contributed by atoms with Gasteiger partial charge in [0, 0.05) is 10.6 Å². The summed E-state index contributed by atoms with van der Waals surface area (Å²) in [6.07, 6.45) is -4.58. The van der Waals surface area contributed by atoms with E-state index in [9.17, 15) is 18.3 Å². The molecule has 2 aromatic carbocycles. The second-order valence-corrected chi connectivity index (χ2v) is 6.79. The van der Waals surface area contributed by atoms with Gasteiger partial charge in [-0.05, 0) is 31.2 Å². The summed E-state index contributed by atoms with van der Waals surface area (Å²) >= 11 is 17.6. The molecule has 0 radical (unpaired) electrons. The number of phenolic OH excluding ortho intramolecular Hbond substituents is 1. The number of aromatic hydroxyl groups is 1. The fraction of sp³-hybridized carbons (Fsp3) is 0.200. The quantitative estimate of drug-likeness (QED) is 0.546. The number of phenols is 1. The summed E-state index contributed by atoms with van der Waals surface area (Å²) in [5.41, 5.74) is -1.21. The molecule has 1 unspecified atom stereocenters. The number of anilines is 2. The molecule has 0 spiro atoms. The summed E-state index contributed by atoms with van der Waals surface area (Å²) in [7, 11) is 0. The minimum absolute atomic E-state index is 0.0345. The average Bonchev–Trinajstić information content (AvgIpc) is 2.77. The number of alkyl halides is 3. The van der Waals surface area contributed by atoms with E-state index in [1.807, 2.05) is 0 Å². The number of fused-ring (bicyclic) bond motifs is 1. The SMILES string of the molecule is CC1(c2cc(Cl)cc(Cl)c2O)Nc2cc(Cl)c(C(F)(F)F)cc2N1. The molecule has 0 saturated heterocycles. The Morgan fingerprint density at radius 2 is 1.54 bits per heavy atom. The third-order valence-corrected chi connectivity index (χ3v) is 4.57. The summed E-state index contributed by atoms with van der Waals surface area (Å²) in [6, 6.07) is 4.94. The Balaban J connectivity index is 2.08. The predicted octanol–water partition coefficient (Wildman–Crippen LogP) is 6.08. The van der Waals surface area contributed by atoms with E-state index in [0.29, 0.717) is 11.3 Å². The van der Waals surface area contributed by atoms with E-state index >= 15 is 0 Å². The van der Waals surface area contributed by atoms with Crippen molar-refractivity contribution in [1.29, 1.82) is 0 Å². The summed E-state index contributed by atoms with van der Waals surface area (Å²) in [5.74, 6) is -0.224. The Morgan fingerprint density at radius 1 is 0.958 bits per heavy atom. The van der Waals surface area contributed by atoms with Crippen molar-refractivity contribution in [3.63, 3.8) is 0 Å². The summed E-state index contributed by atoms with van der Waals surface area (Å²) in [4.78, 5) is 0. The number of hydrogen-bond donors (Lipinski definition) is 3. The molecule has 0 aromatic heterocycles. The fourth-order valence-corrected chi connectivity index (χ4v) is 3.41. The lowest BCUT2D eigenvalue weighted by Crippen LogP contribution is -2.35. The zero-order valence-electron chi connectivity index (χ0n) is 12.0. The van der Waals surface area contributed by atoms with Crippen LogP contribution in [0.3, 0.4) is 0 Å². The Kier molecular flexibility index (Phi) is 3.98. The summed E-state index contributed by atoms with van der Waals surface area (Å²) in [5, 5.41) is 16.0. The van der Waals surface area contributed by atoms with E-state index in [1.54, 1.807) is 6.92 Å². The van der Waals surface area contributed by atoms with Crippen LogP contribution in [0, 0.1) is 0 Å². The normalized spacial score (nSPS) is 19.6. The predicted molar refractivity (Wildman–Crippen MR) is 89.2 cm³/mol. The van der Waals surface area contributed by atoms with Crippen LogP contribution in [0.25, 0.3) is 0 Å². The molecule has 2 aromatic rings. The second kappa shape index (κ2) is 5.51. The van der Waals surface area contributed by atoms with Gasteiger partial charge in [0.1, 0.15) is 11.4 Å². The molecule has 9 heteroatoms. The van der Waals surface area contributed by atoms with Gasteiger partial charge in [-0.1, -0.05) is 34.8 Å². The van der Waals surface area contributed by atoms with Crippen molar-refractivity contribution in [3.8, 4) is 5.75 Å². The summed E-state index contributed by atoms with van der Waals surface area (Å²) in [6.45, 7) is 1.63. The van der Waals surface area contributed by atoms with Crippen LogP contribution in [-0.2, 0) is 11.8 Å². The molecular weight excluding hydrogens is 388 g/mol. The smallest absolute Gasteiger partial charge is 0.417 e. The maximum absolute atomic E-state index is 13.0. The minimum Gasteiger partial charge on any atom is -0.506 e. The van der Waals surface area contributed by atoms with Gasteiger partial charge in [-0.3, -0.25) is 0 Å². The van der Waals surface area contributed by atoms with Crippen LogP contribution in [0.4, 0.5) is 24.5 Å². The number of nitrogens with one attached hydrogen (secondary N) is 2. The third-order valence-electron chi connectivity index (χ3n) is 3.75. The average molecular weight is 398 g/mol. The molecule has 0 amide bonds.